The number of nitro benzene ring substituents is 1. The number of hydrogen-bond donors (Lipinski definition) is 1. The lowest BCUT2D eigenvalue weighted by Crippen LogP contribution is -2.48. The molecule has 0 atom stereocenters. The third-order valence-electron chi connectivity index (χ3n) is 4.13. The van der Waals surface area contributed by atoms with Gasteiger partial charge in [0.1, 0.15) is 12.0 Å². The van der Waals surface area contributed by atoms with Gasteiger partial charge in [-0.3, -0.25) is 19.7 Å². The van der Waals surface area contributed by atoms with Crippen LogP contribution in [0.4, 0.5) is 11.4 Å². The average molecular weight is 344 g/mol. The molecule has 1 fully saturated rings. The number of hydrogen-bond acceptors (Lipinski definition) is 6. The summed E-state index contributed by atoms with van der Waals surface area (Å²) in [7, 11) is 0. The molecule has 1 aromatic carbocycles. The Hall–Kier alpha value is -3.36. The van der Waals surface area contributed by atoms with Gasteiger partial charge in [0, 0.05) is 37.8 Å². The van der Waals surface area contributed by atoms with Crippen molar-refractivity contribution in [2.75, 3.05) is 31.1 Å². The summed E-state index contributed by atoms with van der Waals surface area (Å²) in [5.74, 6) is -0.850. The highest BCUT2D eigenvalue weighted by atomic mass is 16.6. The summed E-state index contributed by atoms with van der Waals surface area (Å²) in [5, 5.41) is 11.3. The summed E-state index contributed by atoms with van der Waals surface area (Å²) in [6.07, 6.45) is 2.83. The number of piperazine rings is 1. The molecule has 1 aliphatic heterocycles. The Morgan fingerprint density at radius 3 is 2.40 bits per heavy atom. The number of furan rings is 1. The first kappa shape index (κ1) is 16.5. The molecule has 1 aliphatic rings. The predicted octanol–water partition coefficient (Wildman–Crippen LogP) is 1.25. The Morgan fingerprint density at radius 2 is 1.84 bits per heavy atom. The third-order valence-corrected chi connectivity index (χ3v) is 4.13. The highest BCUT2D eigenvalue weighted by Crippen LogP contribution is 2.30. The van der Waals surface area contributed by atoms with E-state index >= 15 is 0 Å². The van der Waals surface area contributed by atoms with Crippen LogP contribution in [0.15, 0.2) is 41.2 Å². The van der Waals surface area contributed by atoms with E-state index in [-0.39, 0.29) is 17.2 Å². The van der Waals surface area contributed by atoms with E-state index in [4.69, 9.17) is 10.2 Å². The van der Waals surface area contributed by atoms with Gasteiger partial charge in [-0.1, -0.05) is 0 Å². The lowest BCUT2D eigenvalue weighted by molar-refractivity contribution is -0.384. The first-order chi connectivity index (χ1) is 12.0. The molecule has 0 spiro atoms. The summed E-state index contributed by atoms with van der Waals surface area (Å²) < 4.78 is 4.92. The second kappa shape index (κ2) is 6.63. The van der Waals surface area contributed by atoms with Gasteiger partial charge in [-0.15, -0.1) is 0 Å². The van der Waals surface area contributed by atoms with Crippen molar-refractivity contribution in [2.24, 2.45) is 5.73 Å². The summed E-state index contributed by atoms with van der Waals surface area (Å²) in [6, 6.07) is 5.77. The van der Waals surface area contributed by atoms with Crippen LogP contribution >= 0.6 is 0 Å². The fraction of sp³-hybridized carbons (Fsp3) is 0.250. The molecule has 1 saturated heterocycles. The van der Waals surface area contributed by atoms with Crippen LogP contribution in [0.2, 0.25) is 0 Å². The quantitative estimate of drug-likeness (QED) is 0.658. The van der Waals surface area contributed by atoms with E-state index in [1.165, 1.54) is 30.7 Å². The summed E-state index contributed by atoms with van der Waals surface area (Å²) >= 11 is 0. The van der Waals surface area contributed by atoms with Crippen molar-refractivity contribution in [1.29, 1.82) is 0 Å². The zero-order chi connectivity index (χ0) is 18.0. The minimum atomic E-state index is -0.717. The lowest BCUT2D eigenvalue weighted by atomic mass is 10.1. The van der Waals surface area contributed by atoms with Gasteiger partial charge in [-0.05, 0) is 18.2 Å². The standard InChI is InChI=1S/C16H16N4O5/c17-15(21)11-1-2-13(14(9-11)20(23)24)18-4-6-19(7-5-18)16(22)12-3-8-25-10-12/h1-3,8-10H,4-7H2,(H2,17,21). The van der Waals surface area contributed by atoms with E-state index in [9.17, 15) is 19.7 Å². The highest BCUT2D eigenvalue weighted by molar-refractivity contribution is 5.95. The van der Waals surface area contributed by atoms with Crippen molar-refractivity contribution in [3.63, 3.8) is 0 Å². The molecule has 3 rings (SSSR count). The monoisotopic (exact) mass is 344 g/mol. The number of primary amides is 1. The first-order valence-corrected chi connectivity index (χ1v) is 7.62. The van der Waals surface area contributed by atoms with E-state index in [1.807, 2.05) is 4.90 Å². The largest absolute Gasteiger partial charge is 0.472 e. The van der Waals surface area contributed by atoms with Crippen molar-refractivity contribution >= 4 is 23.2 Å². The van der Waals surface area contributed by atoms with Gasteiger partial charge < -0.3 is 20.0 Å². The number of amides is 2. The molecule has 0 unspecified atom stereocenters. The molecule has 0 radical (unpaired) electrons. The van der Waals surface area contributed by atoms with Gasteiger partial charge >= 0.3 is 0 Å². The molecule has 2 aromatic rings. The number of nitro groups is 1. The maximum Gasteiger partial charge on any atom is 0.293 e. The van der Waals surface area contributed by atoms with Crippen molar-refractivity contribution in [3.8, 4) is 0 Å². The second-order valence-electron chi connectivity index (χ2n) is 5.62. The smallest absolute Gasteiger partial charge is 0.293 e. The molecular weight excluding hydrogens is 328 g/mol. The maximum absolute atomic E-state index is 12.3. The van der Waals surface area contributed by atoms with Crippen LogP contribution in [0.25, 0.3) is 0 Å². The zero-order valence-corrected chi connectivity index (χ0v) is 13.3. The minimum Gasteiger partial charge on any atom is -0.472 e. The average Bonchev–Trinajstić information content (AvgIpc) is 3.15. The molecule has 0 bridgehead atoms. The molecule has 2 heterocycles. The molecule has 9 heteroatoms. The number of carbonyl (C=O) groups excluding carboxylic acids is 2. The fourth-order valence-electron chi connectivity index (χ4n) is 2.81. The van der Waals surface area contributed by atoms with E-state index in [2.05, 4.69) is 0 Å². The molecule has 130 valence electrons. The summed E-state index contributed by atoms with van der Waals surface area (Å²) in [4.78, 5) is 37.8. The van der Waals surface area contributed by atoms with Gasteiger partial charge in [-0.25, -0.2) is 0 Å². The van der Waals surface area contributed by atoms with E-state index in [0.29, 0.717) is 37.4 Å². The van der Waals surface area contributed by atoms with Gasteiger partial charge in [0.2, 0.25) is 5.91 Å². The normalized spacial score (nSPS) is 14.4. The van der Waals surface area contributed by atoms with Crippen LogP contribution in [0, 0.1) is 10.1 Å². The fourth-order valence-corrected chi connectivity index (χ4v) is 2.81. The van der Waals surface area contributed by atoms with Crippen LogP contribution in [0.5, 0.6) is 0 Å². The number of anilines is 1. The summed E-state index contributed by atoms with van der Waals surface area (Å²) in [6.45, 7) is 1.75. The third kappa shape index (κ3) is 3.30. The summed E-state index contributed by atoms with van der Waals surface area (Å²) in [5.41, 5.74) is 5.98. The topological polar surface area (TPSA) is 123 Å². The predicted molar refractivity (Wildman–Crippen MR) is 88.4 cm³/mol. The molecule has 9 nitrogen and oxygen atoms in total. The Labute approximate surface area is 142 Å². The van der Waals surface area contributed by atoms with Crippen molar-refractivity contribution < 1.29 is 18.9 Å². The number of benzene rings is 1. The van der Waals surface area contributed by atoms with Gasteiger partial charge in [-0.2, -0.15) is 0 Å². The Balaban J connectivity index is 1.75. The Bertz CT molecular complexity index is 810. The molecular formula is C16H16N4O5. The molecule has 1 aromatic heterocycles. The van der Waals surface area contributed by atoms with Crippen LogP contribution < -0.4 is 10.6 Å². The van der Waals surface area contributed by atoms with Gasteiger partial charge in [0.25, 0.3) is 11.6 Å². The van der Waals surface area contributed by atoms with Crippen LogP contribution in [-0.2, 0) is 0 Å². The number of nitrogens with two attached hydrogens (primary N) is 1. The van der Waals surface area contributed by atoms with Crippen molar-refractivity contribution in [3.05, 3.63) is 58.0 Å². The number of rotatable bonds is 4. The zero-order valence-electron chi connectivity index (χ0n) is 13.3. The Kier molecular flexibility index (Phi) is 4.38. The number of carbonyl (C=O) groups is 2. The van der Waals surface area contributed by atoms with Crippen LogP contribution in [0.1, 0.15) is 20.7 Å². The van der Waals surface area contributed by atoms with Crippen LogP contribution in [0.3, 0.4) is 0 Å². The van der Waals surface area contributed by atoms with Crippen molar-refractivity contribution in [2.45, 2.75) is 0 Å². The van der Waals surface area contributed by atoms with Crippen LogP contribution in [-0.4, -0.2) is 47.8 Å². The van der Waals surface area contributed by atoms with E-state index < -0.39 is 10.8 Å². The Morgan fingerprint density at radius 1 is 1.12 bits per heavy atom. The highest BCUT2D eigenvalue weighted by Gasteiger charge is 2.27. The van der Waals surface area contributed by atoms with Gasteiger partial charge in [0.15, 0.2) is 0 Å². The van der Waals surface area contributed by atoms with Crippen molar-refractivity contribution in [1.82, 2.24) is 4.90 Å². The molecule has 0 aliphatic carbocycles. The minimum absolute atomic E-state index is 0.0872. The first-order valence-electron chi connectivity index (χ1n) is 7.62. The molecule has 2 N–H and O–H groups in total. The maximum atomic E-state index is 12.3. The van der Waals surface area contributed by atoms with Gasteiger partial charge in [0.05, 0.1) is 16.7 Å². The molecule has 25 heavy (non-hydrogen) atoms. The number of nitrogens with zero attached hydrogens (tertiary/aromatic N) is 3. The SMILES string of the molecule is NC(=O)c1ccc(N2CCN(C(=O)c3ccoc3)CC2)c([N+](=O)[O-])c1. The second-order valence-corrected chi connectivity index (χ2v) is 5.62. The molecule has 0 saturated carbocycles. The lowest BCUT2D eigenvalue weighted by Gasteiger charge is -2.35. The van der Waals surface area contributed by atoms with E-state index in [1.54, 1.807) is 11.0 Å². The molecule has 2 amide bonds. The van der Waals surface area contributed by atoms with E-state index in [0.717, 1.165) is 0 Å².